The van der Waals surface area contributed by atoms with Crippen molar-refractivity contribution >= 4 is 22.8 Å². The molecule has 0 unspecified atom stereocenters. The number of aromatic nitrogens is 1. The zero-order valence-electron chi connectivity index (χ0n) is 12.1. The number of ether oxygens (including phenoxy) is 1. The fourth-order valence-corrected chi connectivity index (χ4v) is 2.10. The molecule has 110 valence electrons. The van der Waals surface area contributed by atoms with Crippen LogP contribution in [-0.4, -0.2) is 29.1 Å². The molecule has 0 aliphatic rings. The monoisotopic (exact) mass is 286 g/mol. The fraction of sp³-hybridized carbons (Fsp3) is 0.250. The Labute approximate surface area is 123 Å². The quantitative estimate of drug-likeness (QED) is 0.676. The van der Waals surface area contributed by atoms with Crippen molar-refractivity contribution in [3.05, 3.63) is 48.7 Å². The number of amides is 1. The minimum atomic E-state index is -0.851. The standard InChI is InChI=1S/C16H18N2O3/c1-4-9-17-15(19)11(2)21-16(20)13-10-18(3)14-8-6-5-7-12(13)14/h4-8,10-11H,1,9H2,2-3H3,(H,17,19)/t11-/m1/s1. The Morgan fingerprint density at radius 2 is 2.14 bits per heavy atom. The molecule has 1 aromatic carbocycles. The summed E-state index contributed by atoms with van der Waals surface area (Å²) in [6, 6.07) is 7.54. The van der Waals surface area contributed by atoms with Crippen LogP contribution in [0.15, 0.2) is 43.1 Å². The van der Waals surface area contributed by atoms with Crippen molar-refractivity contribution in [2.45, 2.75) is 13.0 Å². The van der Waals surface area contributed by atoms with Crippen LogP contribution in [0.5, 0.6) is 0 Å². The Hall–Kier alpha value is -2.56. The van der Waals surface area contributed by atoms with Gasteiger partial charge in [-0.25, -0.2) is 4.79 Å². The summed E-state index contributed by atoms with van der Waals surface area (Å²) in [6.07, 6.45) is 2.43. The van der Waals surface area contributed by atoms with E-state index in [0.29, 0.717) is 12.1 Å². The van der Waals surface area contributed by atoms with Crippen LogP contribution in [0.3, 0.4) is 0 Å². The minimum absolute atomic E-state index is 0.342. The Morgan fingerprint density at radius 3 is 2.86 bits per heavy atom. The summed E-state index contributed by atoms with van der Waals surface area (Å²) in [5.74, 6) is -0.850. The maximum atomic E-state index is 12.2. The lowest BCUT2D eigenvalue weighted by molar-refractivity contribution is -0.128. The van der Waals surface area contributed by atoms with Gasteiger partial charge in [0.1, 0.15) is 0 Å². The molecule has 1 heterocycles. The number of carbonyl (C=O) groups excluding carboxylic acids is 2. The molecule has 0 saturated heterocycles. The van der Waals surface area contributed by atoms with E-state index < -0.39 is 12.1 Å². The van der Waals surface area contributed by atoms with E-state index in [4.69, 9.17) is 4.74 Å². The average Bonchev–Trinajstić information content (AvgIpc) is 2.82. The maximum Gasteiger partial charge on any atom is 0.341 e. The number of aryl methyl sites for hydroxylation is 1. The Morgan fingerprint density at radius 1 is 1.43 bits per heavy atom. The van der Waals surface area contributed by atoms with Crippen LogP contribution in [0.25, 0.3) is 10.9 Å². The molecule has 5 nitrogen and oxygen atoms in total. The van der Waals surface area contributed by atoms with Crippen LogP contribution < -0.4 is 5.32 Å². The topological polar surface area (TPSA) is 60.3 Å². The predicted molar refractivity (Wildman–Crippen MR) is 81.0 cm³/mol. The van der Waals surface area contributed by atoms with Gasteiger partial charge in [-0.15, -0.1) is 6.58 Å². The summed E-state index contributed by atoms with van der Waals surface area (Å²) in [5.41, 5.74) is 1.39. The van der Waals surface area contributed by atoms with Crippen molar-refractivity contribution < 1.29 is 14.3 Å². The molecule has 2 aromatic rings. The zero-order chi connectivity index (χ0) is 15.4. The third-order valence-corrected chi connectivity index (χ3v) is 3.19. The molecule has 1 N–H and O–H groups in total. The molecule has 0 aliphatic heterocycles. The molecule has 1 atom stereocenters. The van der Waals surface area contributed by atoms with Gasteiger partial charge in [0.25, 0.3) is 5.91 Å². The van der Waals surface area contributed by atoms with Gasteiger partial charge < -0.3 is 14.6 Å². The van der Waals surface area contributed by atoms with Gasteiger partial charge >= 0.3 is 5.97 Å². The molecule has 2 rings (SSSR count). The highest BCUT2D eigenvalue weighted by Gasteiger charge is 2.21. The largest absolute Gasteiger partial charge is 0.449 e. The Kier molecular flexibility index (Phi) is 4.42. The van der Waals surface area contributed by atoms with Gasteiger partial charge in [-0.3, -0.25) is 4.79 Å². The lowest BCUT2D eigenvalue weighted by Gasteiger charge is -2.12. The van der Waals surface area contributed by atoms with Crippen LogP contribution in [0.4, 0.5) is 0 Å². The first-order chi connectivity index (χ1) is 10.0. The molecule has 1 amide bonds. The van der Waals surface area contributed by atoms with Crippen molar-refractivity contribution in [2.75, 3.05) is 6.54 Å². The second-order valence-electron chi connectivity index (χ2n) is 4.75. The lowest BCUT2D eigenvalue weighted by Crippen LogP contribution is -2.35. The van der Waals surface area contributed by atoms with Crippen molar-refractivity contribution in [1.29, 1.82) is 0 Å². The second-order valence-corrected chi connectivity index (χ2v) is 4.75. The highest BCUT2D eigenvalue weighted by molar-refractivity contribution is 6.05. The summed E-state index contributed by atoms with van der Waals surface area (Å²) in [6.45, 7) is 5.40. The number of nitrogens with one attached hydrogen (secondary N) is 1. The van der Waals surface area contributed by atoms with Gasteiger partial charge in [0, 0.05) is 30.7 Å². The van der Waals surface area contributed by atoms with Gasteiger partial charge in [0.15, 0.2) is 6.10 Å². The van der Waals surface area contributed by atoms with E-state index in [1.165, 1.54) is 0 Å². The third-order valence-electron chi connectivity index (χ3n) is 3.19. The van der Waals surface area contributed by atoms with Crippen LogP contribution in [0.1, 0.15) is 17.3 Å². The van der Waals surface area contributed by atoms with E-state index in [1.807, 2.05) is 35.9 Å². The lowest BCUT2D eigenvalue weighted by atomic mass is 10.2. The molecule has 21 heavy (non-hydrogen) atoms. The Balaban J connectivity index is 2.16. The first-order valence-corrected chi connectivity index (χ1v) is 6.68. The number of nitrogens with zero attached hydrogens (tertiary/aromatic N) is 1. The molecule has 5 heteroatoms. The van der Waals surface area contributed by atoms with Crippen molar-refractivity contribution in [1.82, 2.24) is 9.88 Å². The SMILES string of the molecule is C=CCNC(=O)[C@@H](C)OC(=O)c1cn(C)c2ccccc12. The summed E-state index contributed by atoms with van der Waals surface area (Å²) >= 11 is 0. The average molecular weight is 286 g/mol. The zero-order valence-corrected chi connectivity index (χ0v) is 12.1. The molecule has 0 radical (unpaired) electrons. The number of rotatable bonds is 5. The summed E-state index contributed by atoms with van der Waals surface area (Å²) in [4.78, 5) is 23.9. The molecule has 0 fully saturated rings. The summed E-state index contributed by atoms with van der Waals surface area (Å²) < 4.78 is 7.07. The highest BCUT2D eigenvalue weighted by Crippen LogP contribution is 2.21. The molecule has 0 saturated carbocycles. The third kappa shape index (κ3) is 3.13. The van der Waals surface area contributed by atoms with Crippen LogP contribution >= 0.6 is 0 Å². The van der Waals surface area contributed by atoms with E-state index in [9.17, 15) is 9.59 Å². The maximum absolute atomic E-state index is 12.2. The van der Waals surface area contributed by atoms with Gasteiger partial charge in [0.2, 0.25) is 0 Å². The minimum Gasteiger partial charge on any atom is -0.449 e. The predicted octanol–water partition coefficient (Wildman–Crippen LogP) is 2.03. The van der Waals surface area contributed by atoms with Crippen LogP contribution in [0.2, 0.25) is 0 Å². The van der Waals surface area contributed by atoms with E-state index in [-0.39, 0.29) is 5.91 Å². The number of benzene rings is 1. The van der Waals surface area contributed by atoms with Gasteiger partial charge in [-0.2, -0.15) is 0 Å². The second kappa shape index (κ2) is 6.26. The van der Waals surface area contributed by atoms with E-state index in [1.54, 1.807) is 19.2 Å². The van der Waals surface area contributed by atoms with E-state index in [0.717, 1.165) is 10.9 Å². The molecule has 0 bridgehead atoms. The first-order valence-electron chi connectivity index (χ1n) is 6.68. The number of hydrogen-bond acceptors (Lipinski definition) is 3. The number of hydrogen-bond donors (Lipinski definition) is 1. The normalized spacial score (nSPS) is 11.9. The molecule has 0 spiro atoms. The Bertz CT molecular complexity index is 688. The molecule has 1 aromatic heterocycles. The summed E-state index contributed by atoms with van der Waals surface area (Å²) in [5, 5.41) is 3.40. The number of esters is 1. The number of fused-ring (bicyclic) bond motifs is 1. The number of para-hydroxylation sites is 1. The molecule has 0 aliphatic carbocycles. The van der Waals surface area contributed by atoms with Crippen molar-refractivity contribution in [3.8, 4) is 0 Å². The number of carbonyl (C=O) groups is 2. The van der Waals surface area contributed by atoms with Crippen molar-refractivity contribution in [2.24, 2.45) is 7.05 Å². The van der Waals surface area contributed by atoms with E-state index >= 15 is 0 Å². The molecular weight excluding hydrogens is 268 g/mol. The highest BCUT2D eigenvalue weighted by atomic mass is 16.5. The van der Waals surface area contributed by atoms with Gasteiger partial charge in [0.05, 0.1) is 5.56 Å². The van der Waals surface area contributed by atoms with E-state index in [2.05, 4.69) is 11.9 Å². The van der Waals surface area contributed by atoms with Gasteiger partial charge in [-0.1, -0.05) is 24.3 Å². The fourth-order valence-electron chi connectivity index (χ4n) is 2.10. The van der Waals surface area contributed by atoms with Crippen LogP contribution in [0, 0.1) is 0 Å². The smallest absolute Gasteiger partial charge is 0.341 e. The summed E-state index contributed by atoms with van der Waals surface area (Å²) in [7, 11) is 1.86. The van der Waals surface area contributed by atoms with Crippen LogP contribution in [-0.2, 0) is 16.6 Å². The first kappa shape index (κ1) is 14.8. The van der Waals surface area contributed by atoms with Crippen molar-refractivity contribution in [3.63, 3.8) is 0 Å². The molecular formula is C16H18N2O3. The van der Waals surface area contributed by atoms with Gasteiger partial charge in [-0.05, 0) is 13.0 Å².